The first-order valence-corrected chi connectivity index (χ1v) is 8.28. The molecule has 1 aliphatic heterocycles. The largest absolute Gasteiger partial charge is 0.380 e. The second-order valence-corrected chi connectivity index (χ2v) is 6.62. The van der Waals surface area contributed by atoms with E-state index in [9.17, 15) is 0 Å². The number of rotatable bonds is 4. The maximum absolute atomic E-state index is 5.77. The summed E-state index contributed by atoms with van der Waals surface area (Å²) in [4.78, 5) is 11.5. The summed E-state index contributed by atoms with van der Waals surface area (Å²) in [5, 5.41) is 3.30. The van der Waals surface area contributed by atoms with E-state index in [1.807, 2.05) is 12.3 Å². The highest BCUT2D eigenvalue weighted by molar-refractivity contribution is 7.09. The van der Waals surface area contributed by atoms with Gasteiger partial charge in [0.25, 0.3) is 0 Å². The molecule has 2 aromatic heterocycles. The summed E-state index contributed by atoms with van der Waals surface area (Å²) in [6.07, 6.45) is 2.84. The van der Waals surface area contributed by atoms with E-state index in [0.717, 1.165) is 50.0 Å². The van der Waals surface area contributed by atoms with Crippen molar-refractivity contribution in [1.29, 1.82) is 0 Å². The Morgan fingerprint density at radius 3 is 3.10 bits per heavy atom. The SMILES string of the molecule is Cc1nc(CN2CCOCC(Cc3ccccn3)C2)cs1. The van der Waals surface area contributed by atoms with Crippen molar-refractivity contribution < 1.29 is 4.74 Å². The van der Waals surface area contributed by atoms with Crippen LogP contribution in [0, 0.1) is 12.8 Å². The molecule has 112 valence electrons. The van der Waals surface area contributed by atoms with E-state index in [1.165, 1.54) is 5.69 Å². The van der Waals surface area contributed by atoms with Crippen molar-refractivity contribution in [1.82, 2.24) is 14.9 Å². The van der Waals surface area contributed by atoms with Gasteiger partial charge in [-0.25, -0.2) is 4.98 Å². The molecule has 0 saturated carbocycles. The van der Waals surface area contributed by atoms with Gasteiger partial charge in [-0.1, -0.05) is 6.07 Å². The van der Waals surface area contributed by atoms with Gasteiger partial charge in [0.15, 0.2) is 0 Å². The van der Waals surface area contributed by atoms with Gasteiger partial charge in [-0.05, 0) is 25.5 Å². The molecule has 5 heteroatoms. The van der Waals surface area contributed by atoms with Crippen molar-refractivity contribution in [2.45, 2.75) is 19.9 Å². The number of thiazole rings is 1. The van der Waals surface area contributed by atoms with Crippen LogP contribution in [0.4, 0.5) is 0 Å². The fourth-order valence-electron chi connectivity index (χ4n) is 2.74. The summed E-state index contributed by atoms with van der Waals surface area (Å²) in [6.45, 7) is 6.64. The minimum atomic E-state index is 0.502. The van der Waals surface area contributed by atoms with Gasteiger partial charge < -0.3 is 4.74 Å². The van der Waals surface area contributed by atoms with Crippen LogP contribution >= 0.6 is 11.3 Å². The Bertz CT molecular complexity index is 558. The standard InChI is InChI=1S/C16H21N3OS/c1-13-18-16(12-21-13)10-19-6-7-20-11-14(9-19)8-15-4-2-3-5-17-15/h2-5,12,14H,6-11H2,1H3. The molecule has 0 spiro atoms. The minimum Gasteiger partial charge on any atom is -0.380 e. The predicted molar refractivity (Wildman–Crippen MR) is 84.4 cm³/mol. The molecular formula is C16H21N3OS. The lowest BCUT2D eigenvalue weighted by molar-refractivity contribution is 0.121. The van der Waals surface area contributed by atoms with E-state index in [2.05, 4.69) is 39.3 Å². The van der Waals surface area contributed by atoms with Crippen LogP contribution in [-0.4, -0.2) is 41.2 Å². The number of hydrogen-bond acceptors (Lipinski definition) is 5. The Morgan fingerprint density at radius 2 is 2.33 bits per heavy atom. The number of ether oxygens (including phenoxy) is 1. The van der Waals surface area contributed by atoms with Crippen LogP contribution in [0.2, 0.25) is 0 Å². The predicted octanol–water partition coefficient (Wildman–Crippen LogP) is 2.54. The molecule has 0 aliphatic carbocycles. The van der Waals surface area contributed by atoms with Crippen molar-refractivity contribution in [3.8, 4) is 0 Å². The molecule has 0 bridgehead atoms. The van der Waals surface area contributed by atoms with Crippen LogP contribution in [0.25, 0.3) is 0 Å². The third-order valence-corrected chi connectivity index (χ3v) is 4.52. The maximum Gasteiger partial charge on any atom is 0.0897 e. The molecule has 0 radical (unpaired) electrons. The molecule has 1 aliphatic rings. The van der Waals surface area contributed by atoms with Gasteiger partial charge in [-0.15, -0.1) is 11.3 Å². The van der Waals surface area contributed by atoms with Gasteiger partial charge in [-0.3, -0.25) is 9.88 Å². The average molecular weight is 303 g/mol. The first-order valence-electron chi connectivity index (χ1n) is 7.40. The number of aromatic nitrogens is 2. The Labute approximate surface area is 129 Å². The molecule has 3 heterocycles. The second kappa shape index (κ2) is 7.11. The van der Waals surface area contributed by atoms with E-state index in [0.29, 0.717) is 5.92 Å². The summed E-state index contributed by atoms with van der Waals surface area (Å²) < 4.78 is 5.77. The third-order valence-electron chi connectivity index (χ3n) is 3.70. The van der Waals surface area contributed by atoms with E-state index in [4.69, 9.17) is 4.74 Å². The minimum absolute atomic E-state index is 0.502. The first-order chi connectivity index (χ1) is 10.3. The number of aryl methyl sites for hydroxylation is 1. The lowest BCUT2D eigenvalue weighted by Crippen LogP contribution is -2.30. The van der Waals surface area contributed by atoms with Crippen molar-refractivity contribution in [3.63, 3.8) is 0 Å². The van der Waals surface area contributed by atoms with Crippen LogP contribution in [0.1, 0.15) is 16.4 Å². The number of hydrogen-bond donors (Lipinski definition) is 0. The quantitative estimate of drug-likeness (QED) is 0.870. The van der Waals surface area contributed by atoms with E-state index in [-0.39, 0.29) is 0 Å². The van der Waals surface area contributed by atoms with Gasteiger partial charge in [0.2, 0.25) is 0 Å². The first kappa shape index (κ1) is 14.6. The molecule has 4 nitrogen and oxygen atoms in total. The van der Waals surface area contributed by atoms with Crippen LogP contribution in [-0.2, 0) is 17.7 Å². The summed E-state index contributed by atoms with van der Waals surface area (Å²) in [6, 6.07) is 6.11. The molecule has 1 saturated heterocycles. The fraction of sp³-hybridized carbons (Fsp3) is 0.500. The summed E-state index contributed by atoms with van der Waals surface area (Å²) in [5.74, 6) is 0.502. The van der Waals surface area contributed by atoms with Gasteiger partial charge >= 0.3 is 0 Å². The number of nitrogens with zero attached hydrogens (tertiary/aromatic N) is 3. The van der Waals surface area contributed by atoms with Crippen molar-refractivity contribution in [2.24, 2.45) is 5.92 Å². The highest BCUT2D eigenvalue weighted by Gasteiger charge is 2.20. The van der Waals surface area contributed by atoms with E-state index < -0.39 is 0 Å². The van der Waals surface area contributed by atoms with E-state index in [1.54, 1.807) is 11.3 Å². The molecule has 21 heavy (non-hydrogen) atoms. The lowest BCUT2D eigenvalue weighted by atomic mass is 10.0. The zero-order chi connectivity index (χ0) is 14.5. The molecule has 1 fully saturated rings. The third kappa shape index (κ3) is 4.33. The van der Waals surface area contributed by atoms with Gasteiger partial charge in [0.05, 0.1) is 23.9 Å². The molecule has 0 aromatic carbocycles. The fourth-order valence-corrected chi connectivity index (χ4v) is 3.35. The smallest absolute Gasteiger partial charge is 0.0897 e. The molecule has 0 N–H and O–H groups in total. The Morgan fingerprint density at radius 1 is 1.38 bits per heavy atom. The topological polar surface area (TPSA) is 38.2 Å². The maximum atomic E-state index is 5.77. The zero-order valence-corrected chi connectivity index (χ0v) is 13.2. The van der Waals surface area contributed by atoms with Crippen molar-refractivity contribution in [2.75, 3.05) is 26.3 Å². The molecule has 1 unspecified atom stereocenters. The lowest BCUT2D eigenvalue weighted by Gasteiger charge is -2.22. The van der Waals surface area contributed by atoms with Gasteiger partial charge in [0, 0.05) is 42.8 Å². The molecule has 0 amide bonds. The molecule has 3 rings (SSSR count). The average Bonchev–Trinajstić information content (AvgIpc) is 2.76. The van der Waals surface area contributed by atoms with Crippen LogP contribution < -0.4 is 0 Å². The van der Waals surface area contributed by atoms with Crippen molar-refractivity contribution in [3.05, 3.63) is 46.2 Å². The van der Waals surface area contributed by atoms with E-state index >= 15 is 0 Å². The number of pyridine rings is 1. The highest BCUT2D eigenvalue weighted by atomic mass is 32.1. The second-order valence-electron chi connectivity index (χ2n) is 5.56. The molecular weight excluding hydrogens is 282 g/mol. The summed E-state index contributed by atoms with van der Waals surface area (Å²) in [7, 11) is 0. The zero-order valence-electron chi connectivity index (χ0n) is 12.4. The Kier molecular flexibility index (Phi) is 4.95. The van der Waals surface area contributed by atoms with Crippen molar-refractivity contribution >= 4 is 11.3 Å². The molecule has 1 atom stereocenters. The normalized spacial score (nSPS) is 20.3. The monoisotopic (exact) mass is 303 g/mol. The highest BCUT2D eigenvalue weighted by Crippen LogP contribution is 2.16. The van der Waals surface area contributed by atoms with Gasteiger partial charge in [-0.2, -0.15) is 0 Å². The van der Waals surface area contributed by atoms with Crippen LogP contribution in [0.3, 0.4) is 0 Å². The van der Waals surface area contributed by atoms with Crippen LogP contribution in [0.5, 0.6) is 0 Å². The Hall–Kier alpha value is -1.30. The summed E-state index contributed by atoms with van der Waals surface area (Å²) >= 11 is 1.72. The Balaban J connectivity index is 1.60. The van der Waals surface area contributed by atoms with Gasteiger partial charge in [0.1, 0.15) is 0 Å². The summed E-state index contributed by atoms with van der Waals surface area (Å²) in [5.41, 5.74) is 2.33. The molecule has 2 aromatic rings. The van der Waals surface area contributed by atoms with Crippen LogP contribution in [0.15, 0.2) is 29.8 Å².